The summed E-state index contributed by atoms with van der Waals surface area (Å²) in [7, 11) is 0. The summed E-state index contributed by atoms with van der Waals surface area (Å²) in [6, 6.07) is 10.7. The molecule has 0 amide bonds. The first kappa shape index (κ1) is 14.7. The van der Waals surface area contributed by atoms with Crippen molar-refractivity contribution in [2.24, 2.45) is 0 Å². The molecule has 6 heteroatoms. The largest absolute Gasteiger partial charge is 0.357 e. The summed E-state index contributed by atoms with van der Waals surface area (Å²) < 4.78 is 0.995. The Morgan fingerprint density at radius 2 is 1.91 bits per heavy atom. The Hall–Kier alpha value is -2.21. The number of nitrogens with zero attached hydrogens (tertiary/aromatic N) is 2. The number of Topliss-reactive ketones (excluding diaryl/α,β-unsaturated/α-hetero) is 1. The molecule has 0 saturated heterocycles. The van der Waals surface area contributed by atoms with Crippen molar-refractivity contribution in [3.8, 4) is 0 Å². The van der Waals surface area contributed by atoms with Gasteiger partial charge in [0.05, 0.1) is 4.92 Å². The number of nitro benzene ring substituents is 1. The Bertz CT molecular complexity index is 789. The third-order valence-corrected chi connectivity index (χ3v) is 4.30. The fraction of sp³-hybridized carbons (Fsp3) is 0.188. The van der Waals surface area contributed by atoms with E-state index in [0.717, 1.165) is 15.6 Å². The maximum Gasteiger partial charge on any atom is 0.293 e. The van der Waals surface area contributed by atoms with E-state index in [9.17, 15) is 14.9 Å². The van der Waals surface area contributed by atoms with E-state index in [-0.39, 0.29) is 11.5 Å². The van der Waals surface area contributed by atoms with Crippen LogP contribution in [-0.4, -0.2) is 10.7 Å². The molecule has 0 atom stereocenters. The third-order valence-electron chi connectivity index (χ3n) is 3.81. The van der Waals surface area contributed by atoms with E-state index < -0.39 is 4.92 Å². The Balaban J connectivity index is 2.00. The minimum absolute atomic E-state index is 0.0282. The normalized spacial score (nSPS) is 13.1. The van der Waals surface area contributed by atoms with E-state index in [1.165, 1.54) is 13.0 Å². The second kappa shape index (κ2) is 5.53. The number of carbonyl (C=O) groups excluding carboxylic acids is 1. The van der Waals surface area contributed by atoms with Gasteiger partial charge in [-0.15, -0.1) is 0 Å². The van der Waals surface area contributed by atoms with E-state index in [1.807, 2.05) is 23.1 Å². The summed E-state index contributed by atoms with van der Waals surface area (Å²) in [6.45, 7) is 2.65. The first-order valence-electron chi connectivity index (χ1n) is 6.77. The second-order valence-electron chi connectivity index (χ2n) is 5.29. The molecule has 2 aromatic carbocycles. The SMILES string of the molecule is CC(=O)c1ccc(N2Cc3ccc(Br)cc3C2)c([N+](=O)[O-])c1. The first-order chi connectivity index (χ1) is 10.5. The zero-order valence-electron chi connectivity index (χ0n) is 11.9. The molecule has 0 aliphatic carbocycles. The molecule has 0 N–H and O–H groups in total. The second-order valence-corrected chi connectivity index (χ2v) is 6.20. The molecule has 5 nitrogen and oxygen atoms in total. The molecule has 112 valence electrons. The topological polar surface area (TPSA) is 63.5 Å². The lowest BCUT2D eigenvalue weighted by Gasteiger charge is -2.18. The highest BCUT2D eigenvalue weighted by Gasteiger charge is 2.26. The van der Waals surface area contributed by atoms with Gasteiger partial charge in [0.1, 0.15) is 5.69 Å². The van der Waals surface area contributed by atoms with E-state index in [0.29, 0.717) is 24.3 Å². The van der Waals surface area contributed by atoms with Crippen LogP contribution in [0.3, 0.4) is 0 Å². The fourth-order valence-corrected chi connectivity index (χ4v) is 3.10. The molecule has 22 heavy (non-hydrogen) atoms. The molecule has 0 radical (unpaired) electrons. The lowest BCUT2D eigenvalue weighted by Crippen LogP contribution is -2.16. The van der Waals surface area contributed by atoms with Crippen molar-refractivity contribution in [3.05, 3.63) is 67.7 Å². The Morgan fingerprint density at radius 3 is 2.59 bits per heavy atom. The number of nitro groups is 1. The van der Waals surface area contributed by atoms with Gasteiger partial charge >= 0.3 is 0 Å². The number of anilines is 1. The lowest BCUT2D eigenvalue weighted by atomic mass is 10.1. The highest BCUT2D eigenvalue weighted by molar-refractivity contribution is 9.10. The van der Waals surface area contributed by atoms with E-state index in [1.54, 1.807) is 12.1 Å². The van der Waals surface area contributed by atoms with Gasteiger partial charge in [0, 0.05) is 29.2 Å². The average molecular weight is 361 g/mol. The van der Waals surface area contributed by atoms with Crippen LogP contribution in [0.4, 0.5) is 11.4 Å². The summed E-state index contributed by atoms with van der Waals surface area (Å²) in [5.41, 5.74) is 3.18. The zero-order valence-corrected chi connectivity index (χ0v) is 13.5. The van der Waals surface area contributed by atoms with Crippen LogP contribution in [0, 0.1) is 10.1 Å². The molecule has 1 aliphatic heterocycles. The van der Waals surface area contributed by atoms with E-state index in [2.05, 4.69) is 15.9 Å². The van der Waals surface area contributed by atoms with Crippen LogP contribution in [0.15, 0.2) is 40.9 Å². The highest BCUT2D eigenvalue weighted by Crippen LogP contribution is 2.36. The van der Waals surface area contributed by atoms with Gasteiger partial charge in [-0.1, -0.05) is 22.0 Å². The summed E-state index contributed by atoms with van der Waals surface area (Å²) in [4.78, 5) is 24.3. The van der Waals surface area contributed by atoms with Gasteiger partial charge in [0.15, 0.2) is 5.78 Å². The van der Waals surface area contributed by atoms with Crippen molar-refractivity contribution in [3.63, 3.8) is 0 Å². The van der Waals surface area contributed by atoms with Crippen molar-refractivity contribution < 1.29 is 9.72 Å². The number of hydrogen-bond donors (Lipinski definition) is 0. The first-order valence-corrected chi connectivity index (χ1v) is 7.56. The zero-order chi connectivity index (χ0) is 15.9. The number of carbonyl (C=O) groups is 1. The molecule has 0 unspecified atom stereocenters. The predicted octanol–water partition coefficient (Wildman–Crippen LogP) is 4.08. The number of fused-ring (bicyclic) bond motifs is 1. The molecule has 0 bridgehead atoms. The van der Waals surface area contributed by atoms with Crippen LogP contribution in [0.25, 0.3) is 0 Å². The minimum Gasteiger partial charge on any atom is -0.357 e. The molecular weight excluding hydrogens is 348 g/mol. The van der Waals surface area contributed by atoms with Gasteiger partial charge in [0.25, 0.3) is 5.69 Å². The van der Waals surface area contributed by atoms with Crippen molar-refractivity contribution in [1.82, 2.24) is 0 Å². The molecule has 0 aromatic heterocycles. The molecule has 0 fully saturated rings. The Morgan fingerprint density at radius 1 is 1.18 bits per heavy atom. The molecular formula is C16H13BrN2O3. The Kier molecular flexibility index (Phi) is 3.70. The maximum absolute atomic E-state index is 11.4. The van der Waals surface area contributed by atoms with Crippen LogP contribution in [0.1, 0.15) is 28.4 Å². The van der Waals surface area contributed by atoms with E-state index >= 15 is 0 Å². The number of halogens is 1. The van der Waals surface area contributed by atoms with Gasteiger partial charge in [-0.25, -0.2) is 0 Å². The predicted molar refractivity (Wildman–Crippen MR) is 87.1 cm³/mol. The number of ketones is 1. The van der Waals surface area contributed by atoms with Gasteiger partial charge < -0.3 is 4.90 Å². The molecule has 0 saturated carbocycles. The molecule has 3 rings (SSSR count). The maximum atomic E-state index is 11.4. The van der Waals surface area contributed by atoms with Crippen LogP contribution in [0.5, 0.6) is 0 Å². The standard InChI is InChI=1S/C16H13BrN2O3/c1-10(20)11-3-5-15(16(7-11)19(21)22)18-8-12-2-4-14(17)6-13(12)9-18/h2-7H,8-9H2,1H3. The van der Waals surface area contributed by atoms with Gasteiger partial charge in [-0.05, 0) is 42.3 Å². The summed E-state index contributed by atoms with van der Waals surface area (Å²) in [5, 5.41) is 11.3. The monoisotopic (exact) mass is 360 g/mol. The molecule has 0 spiro atoms. The number of hydrogen-bond acceptors (Lipinski definition) is 4. The van der Waals surface area contributed by atoms with Crippen molar-refractivity contribution >= 4 is 33.1 Å². The van der Waals surface area contributed by atoms with E-state index in [4.69, 9.17) is 0 Å². The number of benzene rings is 2. The van der Waals surface area contributed by atoms with Crippen LogP contribution < -0.4 is 4.90 Å². The molecule has 2 aromatic rings. The number of rotatable bonds is 3. The van der Waals surface area contributed by atoms with Gasteiger partial charge in [-0.2, -0.15) is 0 Å². The smallest absolute Gasteiger partial charge is 0.293 e. The van der Waals surface area contributed by atoms with Gasteiger partial charge in [0.2, 0.25) is 0 Å². The lowest BCUT2D eigenvalue weighted by molar-refractivity contribution is -0.384. The molecule has 1 heterocycles. The van der Waals surface area contributed by atoms with Crippen molar-refractivity contribution in [2.75, 3.05) is 4.90 Å². The van der Waals surface area contributed by atoms with Gasteiger partial charge in [-0.3, -0.25) is 14.9 Å². The highest BCUT2D eigenvalue weighted by atomic mass is 79.9. The quantitative estimate of drug-likeness (QED) is 0.470. The summed E-state index contributed by atoms with van der Waals surface area (Å²) in [5.74, 6) is -0.178. The summed E-state index contributed by atoms with van der Waals surface area (Å²) in [6.07, 6.45) is 0. The third kappa shape index (κ3) is 2.62. The fourth-order valence-electron chi connectivity index (χ4n) is 2.69. The van der Waals surface area contributed by atoms with Crippen LogP contribution in [-0.2, 0) is 13.1 Å². The summed E-state index contributed by atoms with van der Waals surface area (Å²) >= 11 is 3.44. The van der Waals surface area contributed by atoms with Crippen LogP contribution in [0.2, 0.25) is 0 Å². The average Bonchev–Trinajstić information content (AvgIpc) is 2.89. The minimum atomic E-state index is -0.430. The van der Waals surface area contributed by atoms with Crippen LogP contribution >= 0.6 is 15.9 Å². The van der Waals surface area contributed by atoms with Crippen molar-refractivity contribution in [1.29, 1.82) is 0 Å². The molecule has 1 aliphatic rings. The van der Waals surface area contributed by atoms with Crippen molar-refractivity contribution in [2.45, 2.75) is 20.0 Å². The Labute approximate surface area is 135 Å².